The summed E-state index contributed by atoms with van der Waals surface area (Å²) in [4.78, 5) is 8.12. The van der Waals surface area contributed by atoms with Gasteiger partial charge in [-0.05, 0) is 6.42 Å². The highest BCUT2D eigenvalue weighted by Crippen LogP contribution is 2.34. The number of hydrogen-bond acceptors (Lipinski definition) is 6. The lowest BCUT2D eigenvalue weighted by Gasteiger charge is -2.18. The predicted molar refractivity (Wildman–Crippen MR) is 70.6 cm³/mol. The van der Waals surface area contributed by atoms with E-state index >= 15 is 0 Å². The van der Waals surface area contributed by atoms with Crippen molar-refractivity contribution in [3.8, 4) is 6.07 Å². The number of nitriles is 1. The average molecular weight is 270 g/mol. The van der Waals surface area contributed by atoms with Gasteiger partial charge in [0.15, 0.2) is 11.5 Å². The number of ether oxygens (including phenoxy) is 1. The summed E-state index contributed by atoms with van der Waals surface area (Å²) >= 11 is 0. The quantitative estimate of drug-likeness (QED) is 0.867. The van der Waals surface area contributed by atoms with E-state index in [1.54, 1.807) is 12.4 Å². The minimum atomic E-state index is 0.0310. The van der Waals surface area contributed by atoms with Gasteiger partial charge in [-0.2, -0.15) is 10.4 Å². The van der Waals surface area contributed by atoms with E-state index in [0.29, 0.717) is 24.0 Å². The first-order valence-electron chi connectivity index (χ1n) is 6.43. The third-order valence-corrected chi connectivity index (χ3v) is 3.40. The van der Waals surface area contributed by atoms with Crippen molar-refractivity contribution in [3.63, 3.8) is 0 Å². The Balaban J connectivity index is 1.67. The average Bonchev–Trinajstić information content (AvgIpc) is 3.15. The summed E-state index contributed by atoms with van der Waals surface area (Å²) in [5.41, 5.74) is 1.36. The highest BCUT2D eigenvalue weighted by atomic mass is 16.5. The Morgan fingerprint density at radius 3 is 3.15 bits per heavy atom. The van der Waals surface area contributed by atoms with Crippen LogP contribution in [-0.4, -0.2) is 33.3 Å². The number of H-pyrrole nitrogens is 1. The van der Waals surface area contributed by atoms with E-state index < -0.39 is 0 Å². The van der Waals surface area contributed by atoms with Gasteiger partial charge in [-0.3, -0.25) is 5.10 Å². The van der Waals surface area contributed by atoms with Gasteiger partial charge in [-0.25, -0.2) is 9.97 Å². The molecule has 2 aromatic heterocycles. The van der Waals surface area contributed by atoms with Crippen LogP contribution >= 0.6 is 0 Å². The number of anilines is 1. The molecule has 1 saturated heterocycles. The van der Waals surface area contributed by atoms with E-state index in [0.717, 1.165) is 18.6 Å². The molecule has 102 valence electrons. The van der Waals surface area contributed by atoms with Crippen molar-refractivity contribution < 1.29 is 4.74 Å². The number of aromatic nitrogens is 4. The van der Waals surface area contributed by atoms with Gasteiger partial charge in [-0.15, -0.1) is 0 Å². The van der Waals surface area contributed by atoms with Crippen LogP contribution in [0.2, 0.25) is 0 Å². The lowest BCUT2D eigenvalue weighted by Crippen LogP contribution is -2.18. The van der Waals surface area contributed by atoms with Gasteiger partial charge in [0.05, 0.1) is 12.3 Å². The molecule has 1 fully saturated rings. The molecule has 0 aromatic carbocycles. The maximum absolute atomic E-state index is 8.98. The fourth-order valence-corrected chi connectivity index (χ4v) is 2.40. The lowest BCUT2D eigenvalue weighted by atomic mass is 9.97. The fourth-order valence-electron chi connectivity index (χ4n) is 2.40. The smallest absolute Gasteiger partial charge is 0.182 e. The third-order valence-electron chi connectivity index (χ3n) is 3.40. The van der Waals surface area contributed by atoms with Crippen LogP contribution in [-0.2, 0) is 4.74 Å². The molecular weight excluding hydrogens is 256 g/mol. The zero-order chi connectivity index (χ0) is 13.8. The van der Waals surface area contributed by atoms with E-state index in [-0.39, 0.29) is 6.10 Å². The molecule has 7 heteroatoms. The van der Waals surface area contributed by atoms with Crippen LogP contribution < -0.4 is 5.32 Å². The number of nitrogens with one attached hydrogen (secondary N) is 2. The van der Waals surface area contributed by atoms with E-state index in [1.165, 1.54) is 6.20 Å². The number of hydrogen-bond donors (Lipinski definition) is 2. The van der Waals surface area contributed by atoms with Gasteiger partial charge in [0.1, 0.15) is 6.07 Å². The van der Waals surface area contributed by atoms with Gasteiger partial charge < -0.3 is 10.1 Å². The fraction of sp³-hybridized carbons (Fsp3) is 0.385. The Morgan fingerprint density at radius 1 is 1.45 bits per heavy atom. The molecule has 1 aliphatic rings. The van der Waals surface area contributed by atoms with Crippen LogP contribution in [0, 0.1) is 17.2 Å². The SMILES string of the molecule is N#Cc1nccnc1NC[C@H]1CCO[C@@H]1c1cn[nH]c1. The topological polar surface area (TPSA) is 99.5 Å². The van der Waals surface area contributed by atoms with E-state index in [4.69, 9.17) is 10.00 Å². The largest absolute Gasteiger partial charge is 0.373 e. The third kappa shape index (κ3) is 2.46. The minimum absolute atomic E-state index is 0.0310. The first kappa shape index (κ1) is 12.6. The Morgan fingerprint density at radius 2 is 2.35 bits per heavy atom. The molecule has 3 heterocycles. The van der Waals surface area contributed by atoms with Gasteiger partial charge >= 0.3 is 0 Å². The summed E-state index contributed by atoms with van der Waals surface area (Å²) < 4.78 is 5.75. The molecule has 0 radical (unpaired) electrons. The zero-order valence-corrected chi connectivity index (χ0v) is 10.8. The van der Waals surface area contributed by atoms with Crippen LogP contribution in [0.1, 0.15) is 23.8 Å². The molecule has 2 N–H and O–H groups in total. The molecule has 2 aromatic rings. The Bertz CT molecular complexity index is 606. The molecule has 0 saturated carbocycles. The highest BCUT2D eigenvalue weighted by Gasteiger charge is 2.30. The zero-order valence-electron chi connectivity index (χ0n) is 10.8. The van der Waals surface area contributed by atoms with Crippen LogP contribution in [0.3, 0.4) is 0 Å². The van der Waals surface area contributed by atoms with Crippen LogP contribution in [0.5, 0.6) is 0 Å². The summed E-state index contributed by atoms with van der Waals surface area (Å²) in [6, 6.07) is 2.03. The summed E-state index contributed by atoms with van der Waals surface area (Å²) in [5.74, 6) is 0.842. The second-order valence-corrected chi connectivity index (χ2v) is 4.62. The summed E-state index contributed by atoms with van der Waals surface area (Å²) in [7, 11) is 0. The Kier molecular flexibility index (Phi) is 3.56. The van der Waals surface area contributed by atoms with Crippen LogP contribution in [0.4, 0.5) is 5.82 Å². The van der Waals surface area contributed by atoms with Crippen molar-refractivity contribution in [2.45, 2.75) is 12.5 Å². The van der Waals surface area contributed by atoms with Gasteiger partial charge in [0, 0.05) is 43.2 Å². The van der Waals surface area contributed by atoms with Crippen molar-refractivity contribution in [1.82, 2.24) is 20.2 Å². The van der Waals surface area contributed by atoms with Gasteiger partial charge in [0.2, 0.25) is 0 Å². The number of nitrogens with zero attached hydrogens (tertiary/aromatic N) is 4. The Labute approximate surface area is 116 Å². The molecule has 0 unspecified atom stereocenters. The summed E-state index contributed by atoms with van der Waals surface area (Å²) in [5, 5.41) is 18.9. The monoisotopic (exact) mass is 270 g/mol. The minimum Gasteiger partial charge on any atom is -0.373 e. The number of aromatic amines is 1. The highest BCUT2D eigenvalue weighted by molar-refractivity contribution is 5.46. The maximum atomic E-state index is 8.98. The first-order chi connectivity index (χ1) is 9.88. The normalized spacial score (nSPS) is 21.6. The lowest BCUT2D eigenvalue weighted by molar-refractivity contribution is 0.0933. The van der Waals surface area contributed by atoms with Gasteiger partial charge in [-0.1, -0.05) is 0 Å². The predicted octanol–water partition coefficient (Wildman–Crippen LogP) is 1.26. The number of rotatable bonds is 4. The molecule has 0 bridgehead atoms. The van der Waals surface area contributed by atoms with E-state index in [2.05, 4.69) is 25.5 Å². The molecule has 7 nitrogen and oxygen atoms in total. The molecular formula is C13H14N6O. The van der Waals surface area contributed by atoms with E-state index in [9.17, 15) is 0 Å². The second-order valence-electron chi connectivity index (χ2n) is 4.62. The summed E-state index contributed by atoms with van der Waals surface area (Å²) in [6.45, 7) is 1.41. The van der Waals surface area contributed by atoms with Crippen LogP contribution in [0.25, 0.3) is 0 Å². The second kappa shape index (κ2) is 5.67. The van der Waals surface area contributed by atoms with E-state index in [1.807, 2.05) is 12.3 Å². The van der Waals surface area contributed by atoms with Crippen LogP contribution in [0.15, 0.2) is 24.8 Å². The van der Waals surface area contributed by atoms with Gasteiger partial charge in [0.25, 0.3) is 0 Å². The van der Waals surface area contributed by atoms with Crippen molar-refractivity contribution in [2.75, 3.05) is 18.5 Å². The summed E-state index contributed by atoms with van der Waals surface area (Å²) in [6.07, 6.45) is 7.71. The molecule has 0 amide bonds. The first-order valence-corrected chi connectivity index (χ1v) is 6.43. The van der Waals surface area contributed by atoms with Crippen molar-refractivity contribution in [2.24, 2.45) is 5.92 Å². The van der Waals surface area contributed by atoms with Crippen molar-refractivity contribution in [1.29, 1.82) is 5.26 Å². The molecule has 20 heavy (non-hydrogen) atoms. The molecule has 0 aliphatic carbocycles. The maximum Gasteiger partial charge on any atom is 0.182 e. The van der Waals surface area contributed by atoms with Crippen molar-refractivity contribution >= 4 is 5.82 Å². The molecule has 1 aliphatic heterocycles. The molecule has 3 rings (SSSR count). The standard InChI is InChI=1S/C13H14N6O/c14-5-11-13(16-3-2-15-11)17-6-9-1-4-20-12(9)10-7-18-19-8-10/h2-3,7-9,12H,1,4,6H2,(H,16,17)(H,18,19)/t9-,12+/m1/s1. The van der Waals surface area contributed by atoms with Crippen molar-refractivity contribution in [3.05, 3.63) is 36.0 Å². The molecule has 0 spiro atoms. The Hall–Kier alpha value is -2.46. The molecule has 2 atom stereocenters.